The van der Waals surface area contributed by atoms with Crippen LogP contribution in [0, 0.1) is 0 Å². The van der Waals surface area contributed by atoms with Crippen LogP contribution in [0.3, 0.4) is 0 Å². The van der Waals surface area contributed by atoms with E-state index in [1.54, 1.807) is 24.2 Å². The Morgan fingerprint density at radius 1 is 1.35 bits per heavy atom. The van der Waals surface area contributed by atoms with Gasteiger partial charge in [-0.25, -0.2) is 0 Å². The van der Waals surface area contributed by atoms with E-state index in [1.807, 2.05) is 0 Å². The number of nitrogens with zero attached hydrogens (tertiary/aromatic N) is 3. The molecule has 0 saturated carbocycles. The lowest BCUT2D eigenvalue weighted by atomic mass is 10.2. The molecule has 2 rings (SSSR count). The summed E-state index contributed by atoms with van der Waals surface area (Å²) in [7, 11) is 1.67. The number of aromatic nitrogens is 1. The highest BCUT2D eigenvalue weighted by Gasteiger charge is 2.24. The third-order valence-electron chi connectivity index (χ3n) is 3.92. The third kappa shape index (κ3) is 3.08. The molecule has 1 fully saturated rings. The molecule has 2 N–H and O–H groups in total. The minimum atomic E-state index is -0.161. The maximum Gasteiger partial charge on any atom is 0.254 e. The lowest BCUT2D eigenvalue weighted by molar-refractivity contribution is 0.0588. The fourth-order valence-electron chi connectivity index (χ4n) is 2.38. The summed E-state index contributed by atoms with van der Waals surface area (Å²) >= 11 is 0. The molecule has 110 valence electrons. The van der Waals surface area contributed by atoms with Crippen molar-refractivity contribution in [1.29, 1.82) is 0 Å². The molecule has 6 heteroatoms. The molecule has 2 heterocycles. The second kappa shape index (κ2) is 6.19. The molecule has 1 saturated heterocycles. The molecular weight excluding hydrogens is 256 g/mol. The summed E-state index contributed by atoms with van der Waals surface area (Å²) in [5, 5.41) is 0. The van der Waals surface area contributed by atoms with Crippen LogP contribution < -0.4 is 11.3 Å². The fraction of sp³-hybridized carbons (Fsp3) is 0.571. The predicted molar refractivity (Wildman–Crippen MR) is 77.7 cm³/mol. The molecule has 1 aliphatic heterocycles. The maximum atomic E-state index is 12.3. The molecule has 1 amide bonds. The summed E-state index contributed by atoms with van der Waals surface area (Å²) in [6.45, 7) is 5.74. The van der Waals surface area contributed by atoms with Gasteiger partial charge in [-0.15, -0.1) is 0 Å². The monoisotopic (exact) mass is 278 g/mol. The van der Waals surface area contributed by atoms with Gasteiger partial charge in [0.05, 0.1) is 0 Å². The highest BCUT2D eigenvalue weighted by atomic mass is 16.2. The van der Waals surface area contributed by atoms with Crippen molar-refractivity contribution in [2.45, 2.75) is 13.0 Å². The summed E-state index contributed by atoms with van der Waals surface area (Å²) in [4.78, 5) is 28.0. The first-order valence-corrected chi connectivity index (χ1v) is 6.93. The zero-order valence-corrected chi connectivity index (χ0v) is 12.1. The van der Waals surface area contributed by atoms with Crippen molar-refractivity contribution in [1.82, 2.24) is 14.4 Å². The van der Waals surface area contributed by atoms with Crippen LogP contribution in [0.5, 0.6) is 0 Å². The molecule has 0 radical (unpaired) electrons. The van der Waals surface area contributed by atoms with Crippen LogP contribution in [0.1, 0.15) is 17.3 Å². The molecule has 6 nitrogen and oxygen atoms in total. The molecule has 1 aromatic heterocycles. The van der Waals surface area contributed by atoms with Gasteiger partial charge in [-0.1, -0.05) is 0 Å². The first kappa shape index (κ1) is 14.7. The Morgan fingerprint density at radius 3 is 2.55 bits per heavy atom. The van der Waals surface area contributed by atoms with E-state index in [1.165, 1.54) is 10.6 Å². The van der Waals surface area contributed by atoms with Crippen molar-refractivity contribution in [3.05, 3.63) is 34.2 Å². The van der Waals surface area contributed by atoms with E-state index in [-0.39, 0.29) is 11.5 Å². The lowest BCUT2D eigenvalue weighted by Gasteiger charge is -2.37. The number of hydrogen-bond donors (Lipinski definition) is 1. The molecule has 1 unspecified atom stereocenters. The lowest BCUT2D eigenvalue weighted by Crippen LogP contribution is -2.52. The summed E-state index contributed by atoms with van der Waals surface area (Å²) in [6, 6.07) is 3.44. The van der Waals surface area contributed by atoms with Crippen molar-refractivity contribution >= 4 is 5.91 Å². The number of nitrogens with two attached hydrogens (primary N) is 1. The minimum Gasteiger partial charge on any atom is -0.336 e. The van der Waals surface area contributed by atoms with Crippen molar-refractivity contribution in [2.75, 3.05) is 32.7 Å². The molecule has 0 aromatic carbocycles. The number of piperazine rings is 1. The van der Waals surface area contributed by atoms with Crippen LogP contribution in [0.4, 0.5) is 0 Å². The summed E-state index contributed by atoms with van der Waals surface area (Å²) in [6.07, 6.45) is 1.63. The van der Waals surface area contributed by atoms with Gasteiger partial charge < -0.3 is 15.2 Å². The van der Waals surface area contributed by atoms with Gasteiger partial charge in [-0.2, -0.15) is 0 Å². The van der Waals surface area contributed by atoms with E-state index in [4.69, 9.17) is 5.73 Å². The van der Waals surface area contributed by atoms with Crippen molar-refractivity contribution in [3.63, 3.8) is 0 Å². The van der Waals surface area contributed by atoms with E-state index >= 15 is 0 Å². The second-order valence-corrected chi connectivity index (χ2v) is 5.28. The van der Waals surface area contributed by atoms with Crippen LogP contribution >= 0.6 is 0 Å². The molecule has 20 heavy (non-hydrogen) atoms. The fourth-order valence-corrected chi connectivity index (χ4v) is 2.38. The van der Waals surface area contributed by atoms with Crippen LogP contribution in [0.2, 0.25) is 0 Å². The first-order valence-electron chi connectivity index (χ1n) is 6.93. The molecule has 0 spiro atoms. The summed E-state index contributed by atoms with van der Waals surface area (Å²) in [5.74, 6) is -0.0669. The molecule has 1 aromatic rings. The largest absolute Gasteiger partial charge is 0.336 e. The van der Waals surface area contributed by atoms with Gasteiger partial charge in [-0.3, -0.25) is 14.5 Å². The Morgan fingerprint density at radius 2 is 2.00 bits per heavy atom. The number of rotatable bonds is 3. The van der Waals surface area contributed by atoms with Crippen molar-refractivity contribution < 1.29 is 4.79 Å². The van der Waals surface area contributed by atoms with Gasteiger partial charge >= 0.3 is 0 Å². The summed E-state index contributed by atoms with van der Waals surface area (Å²) < 4.78 is 1.46. The zero-order valence-electron chi connectivity index (χ0n) is 12.1. The number of carbonyl (C=O) groups is 1. The number of pyridine rings is 1. The van der Waals surface area contributed by atoms with Gasteiger partial charge in [0, 0.05) is 63.6 Å². The second-order valence-electron chi connectivity index (χ2n) is 5.28. The van der Waals surface area contributed by atoms with Crippen LogP contribution in [-0.4, -0.2) is 59.0 Å². The Kier molecular flexibility index (Phi) is 4.57. The SMILES string of the molecule is CC(CN)N1CCN(C(=O)c2ccn(C)c(=O)c2)CC1. The predicted octanol–water partition coefficient (Wildman–Crippen LogP) is -0.510. The molecule has 1 aliphatic rings. The average molecular weight is 278 g/mol. The molecular formula is C14H22N4O2. The van der Waals surface area contributed by atoms with Gasteiger partial charge in [0.2, 0.25) is 0 Å². The molecule has 1 atom stereocenters. The van der Waals surface area contributed by atoms with E-state index in [2.05, 4.69) is 11.8 Å². The number of carbonyl (C=O) groups excluding carboxylic acids is 1. The van der Waals surface area contributed by atoms with Crippen molar-refractivity contribution in [3.8, 4) is 0 Å². The average Bonchev–Trinajstić information content (AvgIpc) is 2.48. The number of aryl methyl sites for hydroxylation is 1. The highest BCUT2D eigenvalue weighted by molar-refractivity contribution is 5.94. The number of amides is 1. The van der Waals surface area contributed by atoms with Gasteiger partial charge in [0.25, 0.3) is 11.5 Å². The maximum absolute atomic E-state index is 12.3. The van der Waals surface area contributed by atoms with E-state index in [0.717, 1.165) is 13.1 Å². The third-order valence-corrected chi connectivity index (χ3v) is 3.92. The summed E-state index contributed by atoms with van der Waals surface area (Å²) in [5.41, 5.74) is 5.97. The Hall–Kier alpha value is -1.66. The zero-order chi connectivity index (χ0) is 14.7. The minimum absolute atomic E-state index is 0.0669. The van der Waals surface area contributed by atoms with Crippen LogP contribution in [0.25, 0.3) is 0 Å². The van der Waals surface area contributed by atoms with Crippen LogP contribution in [-0.2, 0) is 7.05 Å². The Balaban J connectivity index is 2.01. The van der Waals surface area contributed by atoms with Crippen LogP contribution in [0.15, 0.2) is 23.1 Å². The smallest absolute Gasteiger partial charge is 0.254 e. The highest BCUT2D eigenvalue weighted by Crippen LogP contribution is 2.09. The number of hydrogen-bond acceptors (Lipinski definition) is 4. The van der Waals surface area contributed by atoms with Gasteiger partial charge in [0.15, 0.2) is 0 Å². The van der Waals surface area contributed by atoms with E-state index < -0.39 is 0 Å². The van der Waals surface area contributed by atoms with Gasteiger partial charge in [-0.05, 0) is 13.0 Å². The molecule has 0 aliphatic carbocycles. The quantitative estimate of drug-likeness (QED) is 0.808. The Labute approximate surface area is 118 Å². The van der Waals surface area contributed by atoms with Gasteiger partial charge in [0.1, 0.15) is 0 Å². The van der Waals surface area contributed by atoms with Crippen molar-refractivity contribution in [2.24, 2.45) is 12.8 Å². The van der Waals surface area contributed by atoms with E-state index in [9.17, 15) is 9.59 Å². The standard InChI is InChI=1S/C14H22N4O2/c1-11(10-15)17-5-7-18(8-6-17)14(20)12-3-4-16(2)13(19)9-12/h3-4,9,11H,5-8,10,15H2,1-2H3. The normalized spacial score (nSPS) is 18.1. The topological polar surface area (TPSA) is 71.6 Å². The first-order chi connectivity index (χ1) is 9.52. The Bertz CT molecular complexity index is 532. The molecule has 0 bridgehead atoms. The van der Waals surface area contributed by atoms with E-state index in [0.29, 0.717) is 31.2 Å².